The van der Waals surface area contributed by atoms with E-state index in [-0.39, 0.29) is 24.8 Å². The smallest absolute Gasteiger partial charge is 0.335 e. The number of carbonyl (C=O) groups is 1. The molecule has 0 aliphatic rings. The predicted molar refractivity (Wildman–Crippen MR) is 62.0 cm³/mol. The molecule has 0 aliphatic heterocycles. The van der Waals surface area contributed by atoms with E-state index in [9.17, 15) is 18.8 Å². The zero-order valence-electron chi connectivity index (χ0n) is 9.40. The molecule has 0 bridgehead atoms. The number of hydrogen-bond donors (Lipinski definition) is 3. The topological polar surface area (TPSA) is 121 Å². The Bertz CT molecular complexity index is 383. The Morgan fingerprint density at radius 1 is 1.29 bits per heavy atom. The van der Waals surface area contributed by atoms with Crippen LogP contribution in [0.3, 0.4) is 0 Å². The molecule has 1 atom stereocenters. The number of hydrogen-bond acceptors (Lipinski definition) is 4. The van der Waals surface area contributed by atoms with Crippen LogP contribution in [-0.4, -0.2) is 39.3 Å². The minimum Gasteiger partial charge on any atom is -0.462 e. The maximum atomic E-state index is 11.3. The fourth-order valence-electron chi connectivity index (χ4n) is 0.958. The second-order valence-electron chi connectivity index (χ2n) is 3.65. The highest BCUT2D eigenvalue weighted by Gasteiger charge is 2.28. The number of carbonyl (C=O) groups excluding carboxylic acids is 1. The standard InChI is InChI=1S/C8H16O7P2/c1-7(2)8(9)15-4-3-5-16(10,11)6-17(12,13)14/h1,3-6H2,2H3,(H,10,11)(H2,12,13,14). The van der Waals surface area contributed by atoms with Gasteiger partial charge in [-0.05, 0) is 13.3 Å². The summed E-state index contributed by atoms with van der Waals surface area (Å²) in [5, 5.41) is 0. The van der Waals surface area contributed by atoms with Crippen molar-refractivity contribution in [3.05, 3.63) is 12.2 Å². The van der Waals surface area contributed by atoms with Gasteiger partial charge in [0.1, 0.15) is 5.90 Å². The first kappa shape index (κ1) is 16.6. The van der Waals surface area contributed by atoms with Gasteiger partial charge < -0.3 is 19.4 Å². The summed E-state index contributed by atoms with van der Waals surface area (Å²) >= 11 is 0. The molecular formula is C8H16O7P2. The van der Waals surface area contributed by atoms with Gasteiger partial charge in [0.2, 0.25) is 7.37 Å². The summed E-state index contributed by atoms with van der Waals surface area (Å²) in [6.07, 6.45) is -0.242. The molecule has 9 heteroatoms. The third kappa shape index (κ3) is 9.27. The average molecular weight is 286 g/mol. The van der Waals surface area contributed by atoms with Crippen LogP contribution in [-0.2, 0) is 18.7 Å². The highest BCUT2D eigenvalue weighted by molar-refractivity contribution is 7.72. The molecule has 100 valence electrons. The summed E-state index contributed by atoms with van der Waals surface area (Å²) in [7, 11) is -8.38. The molecule has 0 heterocycles. The molecule has 0 aromatic heterocycles. The highest BCUT2D eigenvalue weighted by Crippen LogP contribution is 2.54. The van der Waals surface area contributed by atoms with Gasteiger partial charge in [-0.2, -0.15) is 0 Å². The van der Waals surface area contributed by atoms with Crippen molar-refractivity contribution in [3.63, 3.8) is 0 Å². The molecule has 17 heavy (non-hydrogen) atoms. The van der Waals surface area contributed by atoms with Gasteiger partial charge in [0.25, 0.3) is 0 Å². The van der Waals surface area contributed by atoms with E-state index in [4.69, 9.17) is 9.79 Å². The van der Waals surface area contributed by atoms with E-state index in [1.807, 2.05) is 0 Å². The zero-order chi connectivity index (χ0) is 13.7. The van der Waals surface area contributed by atoms with Crippen molar-refractivity contribution >= 4 is 20.9 Å². The Hall–Kier alpha value is -0.450. The Balaban J connectivity index is 3.97. The van der Waals surface area contributed by atoms with Gasteiger partial charge in [-0.3, -0.25) is 9.13 Å². The molecule has 0 radical (unpaired) electrons. The molecule has 7 nitrogen and oxygen atoms in total. The van der Waals surface area contributed by atoms with E-state index in [1.165, 1.54) is 6.92 Å². The monoisotopic (exact) mass is 286 g/mol. The van der Waals surface area contributed by atoms with Crippen LogP contribution in [0.4, 0.5) is 0 Å². The number of ether oxygens (including phenoxy) is 1. The molecule has 0 fully saturated rings. The SMILES string of the molecule is C=C(C)C(=O)OCCCP(=O)(O)CP(=O)(O)O. The lowest BCUT2D eigenvalue weighted by molar-refractivity contribution is -0.138. The maximum absolute atomic E-state index is 11.3. The molecule has 0 amide bonds. The summed E-state index contributed by atoms with van der Waals surface area (Å²) in [4.78, 5) is 37.3. The third-order valence-electron chi connectivity index (χ3n) is 1.64. The first-order valence-electron chi connectivity index (χ1n) is 4.71. The molecule has 0 aliphatic carbocycles. The van der Waals surface area contributed by atoms with Gasteiger partial charge in [-0.15, -0.1) is 0 Å². The minimum atomic E-state index is -4.51. The summed E-state index contributed by atoms with van der Waals surface area (Å²) < 4.78 is 26.5. The van der Waals surface area contributed by atoms with Crippen LogP contribution in [0.5, 0.6) is 0 Å². The lowest BCUT2D eigenvalue weighted by atomic mass is 10.4. The van der Waals surface area contributed by atoms with Crippen molar-refractivity contribution < 1.29 is 33.3 Å². The fourth-order valence-corrected chi connectivity index (χ4v) is 4.45. The lowest BCUT2D eigenvalue weighted by Crippen LogP contribution is -2.08. The molecular weight excluding hydrogens is 270 g/mol. The zero-order valence-corrected chi connectivity index (χ0v) is 11.2. The molecule has 0 spiro atoms. The highest BCUT2D eigenvalue weighted by atomic mass is 31.2. The van der Waals surface area contributed by atoms with Crippen LogP contribution in [0.1, 0.15) is 13.3 Å². The molecule has 0 saturated heterocycles. The van der Waals surface area contributed by atoms with E-state index in [1.54, 1.807) is 0 Å². The normalized spacial score (nSPS) is 15.1. The average Bonchev–Trinajstić information content (AvgIpc) is 2.07. The molecule has 0 aromatic carbocycles. The molecule has 0 aromatic rings. The van der Waals surface area contributed by atoms with Crippen molar-refractivity contribution in [3.8, 4) is 0 Å². The first-order chi connectivity index (χ1) is 7.53. The second kappa shape index (κ2) is 6.47. The Morgan fingerprint density at radius 3 is 2.24 bits per heavy atom. The first-order valence-corrected chi connectivity index (χ1v) is 8.54. The maximum Gasteiger partial charge on any atom is 0.335 e. The third-order valence-corrected chi connectivity index (χ3v) is 5.90. The van der Waals surface area contributed by atoms with Crippen LogP contribution in [0.25, 0.3) is 0 Å². The van der Waals surface area contributed by atoms with Crippen molar-refractivity contribution in [2.45, 2.75) is 13.3 Å². The van der Waals surface area contributed by atoms with Crippen LogP contribution in [0, 0.1) is 0 Å². The van der Waals surface area contributed by atoms with Crippen molar-refractivity contribution in [1.29, 1.82) is 0 Å². The lowest BCUT2D eigenvalue weighted by Gasteiger charge is -2.12. The van der Waals surface area contributed by atoms with E-state index in [0.717, 1.165) is 0 Å². The molecule has 1 unspecified atom stereocenters. The summed E-state index contributed by atoms with van der Waals surface area (Å²) in [6.45, 7) is 4.73. The van der Waals surface area contributed by atoms with Crippen molar-refractivity contribution in [2.24, 2.45) is 0 Å². The van der Waals surface area contributed by atoms with E-state index in [2.05, 4.69) is 11.3 Å². The van der Waals surface area contributed by atoms with Crippen molar-refractivity contribution in [2.75, 3.05) is 18.7 Å². The Kier molecular flexibility index (Phi) is 6.30. The van der Waals surface area contributed by atoms with E-state index < -0.39 is 26.8 Å². The van der Waals surface area contributed by atoms with Gasteiger partial charge >= 0.3 is 13.6 Å². The van der Waals surface area contributed by atoms with Gasteiger partial charge in [-0.1, -0.05) is 6.58 Å². The Labute approximate surface area is 99.1 Å². The summed E-state index contributed by atoms with van der Waals surface area (Å²) in [5.74, 6) is -1.65. The quantitative estimate of drug-likeness (QED) is 0.275. The molecule has 0 rings (SSSR count). The van der Waals surface area contributed by atoms with Gasteiger partial charge in [0.15, 0.2) is 0 Å². The minimum absolute atomic E-state index is 0.0623. The van der Waals surface area contributed by atoms with E-state index >= 15 is 0 Å². The largest absolute Gasteiger partial charge is 0.462 e. The van der Waals surface area contributed by atoms with Crippen molar-refractivity contribution in [1.82, 2.24) is 0 Å². The van der Waals surface area contributed by atoms with Gasteiger partial charge in [0.05, 0.1) is 6.61 Å². The van der Waals surface area contributed by atoms with Crippen LogP contribution < -0.4 is 0 Å². The predicted octanol–water partition coefficient (Wildman–Crippen LogP) is 0.901. The summed E-state index contributed by atoms with van der Waals surface area (Å²) in [5.41, 5.74) is 0.215. The van der Waals surface area contributed by atoms with Crippen LogP contribution in [0.15, 0.2) is 12.2 Å². The second-order valence-corrected chi connectivity index (χ2v) is 8.25. The Morgan fingerprint density at radius 2 is 1.82 bits per heavy atom. The van der Waals surface area contributed by atoms with Gasteiger partial charge in [-0.25, -0.2) is 4.79 Å². The summed E-state index contributed by atoms with van der Waals surface area (Å²) in [6, 6.07) is 0. The number of rotatable bonds is 7. The fraction of sp³-hybridized carbons (Fsp3) is 0.625. The van der Waals surface area contributed by atoms with Gasteiger partial charge in [0, 0.05) is 11.7 Å². The molecule has 3 N–H and O–H groups in total. The van der Waals surface area contributed by atoms with E-state index in [0.29, 0.717) is 0 Å². The van der Waals surface area contributed by atoms with Crippen LogP contribution in [0.2, 0.25) is 0 Å². The molecule has 0 saturated carbocycles. The number of esters is 1. The van der Waals surface area contributed by atoms with Crippen LogP contribution >= 0.6 is 15.0 Å².